The molecule has 1 aromatic carbocycles. The summed E-state index contributed by atoms with van der Waals surface area (Å²) < 4.78 is 66.9. The zero-order chi connectivity index (χ0) is 56.6. The number of esters is 1. The van der Waals surface area contributed by atoms with Gasteiger partial charge in [0.15, 0.2) is 30.9 Å². The Labute approximate surface area is 454 Å². The molecular formula is C56H80O22. The summed E-state index contributed by atoms with van der Waals surface area (Å²) in [6.07, 6.45) is -15.0. The van der Waals surface area contributed by atoms with E-state index in [0.29, 0.717) is 19.3 Å². The van der Waals surface area contributed by atoms with E-state index in [2.05, 4.69) is 0 Å². The Morgan fingerprint density at radius 2 is 1.42 bits per heavy atom. The third-order valence-corrected chi connectivity index (χ3v) is 17.9. The number of hydrogen-bond acceptors (Lipinski definition) is 22. The third-order valence-electron chi connectivity index (χ3n) is 17.9. The van der Waals surface area contributed by atoms with Gasteiger partial charge in [-0.2, -0.15) is 0 Å². The maximum absolute atomic E-state index is 14.0. The van der Waals surface area contributed by atoms with Crippen LogP contribution < -0.4 is 0 Å². The van der Waals surface area contributed by atoms with Crippen molar-refractivity contribution in [2.24, 2.45) is 22.7 Å². The molecule has 0 bridgehead atoms. The van der Waals surface area contributed by atoms with Crippen molar-refractivity contribution in [1.29, 1.82) is 0 Å². The van der Waals surface area contributed by atoms with Crippen molar-refractivity contribution in [3.63, 3.8) is 0 Å². The molecule has 4 aliphatic heterocycles. The normalized spacial score (nSPS) is 45.5. The lowest BCUT2D eigenvalue weighted by molar-refractivity contribution is -0.373. The van der Waals surface area contributed by atoms with Crippen LogP contribution in [0.2, 0.25) is 0 Å². The molecule has 3 aliphatic carbocycles. The first-order valence-corrected chi connectivity index (χ1v) is 27.2. The number of carbonyl (C=O) groups is 4. The van der Waals surface area contributed by atoms with Crippen LogP contribution in [-0.4, -0.2) is 208 Å². The molecule has 436 valence electrons. The highest BCUT2D eigenvalue weighted by molar-refractivity contribution is 5.97. The second-order valence-corrected chi connectivity index (χ2v) is 22.7. The van der Waals surface area contributed by atoms with Crippen molar-refractivity contribution in [1.82, 2.24) is 0 Å². The number of benzene rings is 1. The Bertz CT molecular complexity index is 2290. The van der Waals surface area contributed by atoms with Crippen LogP contribution in [0.5, 0.6) is 0 Å². The number of carbonyl (C=O) groups excluding carboxylic acids is 4. The minimum atomic E-state index is -1.71. The van der Waals surface area contributed by atoms with Crippen molar-refractivity contribution in [2.75, 3.05) is 20.8 Å². The van der Waals surface area contributed by atoms with E-state index in [4.69, 9.17) is 52.1 Å². The minimum Gasteiger partial charge on any atom is -0.458 e. The molecule has 78 heavy (non-hydrogen) atoms. The number of methoxy groups -OCH3 is 2. The second kappa shape index (κ2) is 24.9. The summed E-state index contributed by atoms with van der Waals surface area (Å²) in [6, 6.07) is 9.14. The number of hydrogen-bond donors (Lipinski definition) is 7. The van der Waals surface area contributed by atoms with Crippen LogP contribution in [0.4, 0.5) is 0 Å². The first-order valence-electron chi connectivity index (χ1n) is 27.2. The zero-order valence-electron chi connectivity index (χ0n) is 45.5. The maximum atomic E-state index is 14.0. The first-order chi connectivity index (χ1) is 37.0. The largest absolute Gasteiger partial charge is 0.458 e. The fourth-order valence-electron chi connectivity index (χ4n) is 13.1. The highest BCUT2D eigenvalue weighted by Crippen LogP contribution is 2.57. The van der Waals surface area contributed by atoms with Crippen LogP contribution in [0, 0.1) is 22.7 Å². The van der Waals surface area contributed by atoms with Gasteiger partial charge in [-0.25, -0.2) is 4.79 Å². The molecule has 1 aromatic rings. The molecule has 0 amide bonds. The Morgan fingerprint density at radius 1 is 0.769 bits per heavy atom. The Morgan fingerprint density at radius 3 is 2.08 bits per heavy atom. The number of aliphatic hydroxyl groups is 7. The number of Topliss-reactive ketones (excluding diaryl/α,β-unsaturated/α-hetero) is 2. The fraction of sp³-hybridized carbons (Fsp3) is 0.750. The Hall–Kier alpha value is -3.50. The SMILES string of the molecule is CO[C@@H]1[C@@H](O)[C@H](O[C@H]2[C@@H](O)C[C@H](O[C@H]3[C@@H](OC)C[C@H](O[C@H]4CC[C@]5(C)[C@@H](C[C@@H](OC(=O)/C=C/c6ccccc6)[C@]6(C)C(=O)CC[C@H]6C(C)=O)C(=O)C=C[C@]5(O)C4)O[C@@H]3C)O[C@@H]2C)O[C@H](C)[C@H]1O[C@@H]1O[C@H](CO)[C@@H](O)[C@H](O)[C@H]1O. The van der Waals surface area contributed by atoms with Gasteiger partial charge >= 0.3 is 5.97 Å². The monoisotopic (exact) mass is 1100 g/mol. The lowest BCUT2D eigenvalue weighted by atomic mass is 9.52. The summed E-state index contributed by atoms with van der Waals surface area (Å²) in [6.45, 7) is 9.30. The van der Waals surface area contributed by atoms with Gasteiger partial charge in [0.25, 0.3) is 0 Å². The molecule has 7 N–H and O–H groups in total. The van der Waals surface area contributed by atoms with E-state index in [1.54, 1.807) is 33.8 Å². The lowest BCUT2D eigenvalue weighted by Gasteiger charge is -2.55. The molecule has 0 spiro atoms. The number of fused-ring (bicyclic) bond motifs is 1. The molecule has 6 fully saturated rings. The van der Waals surface area contributed by atoms with Gasteiger partial charge in [0, 0.05) is 63.2 Å². The summed E-state index contributed by atoms with van der Waals surface area (Å²) in [5.41, 5.74) is -3.30. The van der Waals surface area contributed by atoms with E-state index >= 15 is 0 Å². The molecule has 4 heterocycles. The molecule has 25 atom stereocenters. The van der Waals surface area contributed by atoms with Crippen LogP contribution >= 0.6 is 0 Å². The number of rotatable bonds is 18. The topological polar surface area (TPSA) is 311 Å². The number of ether oxygens (including phenoxy) is 11. The molecule has 22 nitrogen and oxygen atoms in total. The summed E-state index contributed by atoms with van der Waals surface area (Å²) in [5, 5.41) is 76.2. The highest BCUT2D eigenvalue weighted by Gasteiger charge is 2.62. The lowest BCUT2D eigenvalue weighted by Crippen LogP contribution is -2.65. The third kappa shape index (κ3) is 12.2. The molecule has 0 radical (unpaired) electrons. The van der Waals surface area contributed by atoms with Gasteiger partial charge in [-0.1, -0.05) is 37.3 Å². The quantitative estimate of drug-likeness (QED) is 0.0806. The Kier molecular flexibility index (Phi) is 19.4. The van der Waals surface area contributed by atoms with E-state index in [1.807, 2.05) is 37.3 Å². The number of allylic oxidation sites excluding steroid dienone is 1. The average molecular weight is 1110 g/mol. The molecule has 4 saturated heterocycles. The van der Waals surface area contributed by atoms with E-state index in [0.717, 1.165) is 5.56 Å². The molecule has 0 aromatic heterocycles. The number of aliphatic hydroxyl groups excluding tert-OH is 6. The molecule has 22 heteroatoms. The van der Waals surface area contributed by atoms with E-state index < -0.39 is 164 Å². The average Bonchev–Trinajstić information content (AvgIpc) is 3.79. The smallest absolute Gasteiger partial charge is 0.331 e. The molecule has 7 aliphatic rings. The first kappa shape index (κ1) is 60.6. The van der Waals surface area contributed by atoms with Gasteiger partial charge in [0.1, 0.15) is 72.6 Å². The van der Waals surface area contributed by atoms with Gasteiger partial charge < -0.3 is 87.9 Å². The predicted molar refractivity (Wildman–Crippen MR) is 270 cm³/mol. The van der Waals surface area contributed by atoms with Gasteiger partial charge in [0.05, 0.1) is 54.2 Å². The standard InChI is InChI=1S/C56H80O22/c1-27(58)33-15-16-39(61)55(33,6)40(75-41(62)17-14-31-12-10-9-11-13-31)22-34-35(59)19-21-56(67)25-32(18-20-54(34,56)5)73-43-24-37(68-7)49(29(3)71-43)76-42-23-36(60)48(28(2)70-42)77-53-47(66)51(69-8)50(30(4)72-53)78-52-46(65)45(64)44(63)38(26-57)74-52/h9-14,17,19,21,28-30,32-34,36-38,40,42-53,57,60,63-67H,15-16,18,20,22-26H2,1-8H3/b17-14+/t28-,29-,30-,32+,33+,34+,36+,37+,38-,40-,42+,43+,44-,45+,46-,47-,48-,49-,50-,51-,52+,53+,54-,55+,56+/m1/s1. The van der Waals surface area contributed by atoms with E-state index in [9.17, 15) is 54.9 Å². The van der Waals surface area contributed by atoms with Gasteiger partial charge in [-0.15, -0.1) is 0 Å². The van der Waals surface area contributed by atoms with Gasteiger partial charge in [-0.3, -0.25) is 14.4 Å². The van der Waals surface area contributed by atoms with Crippen LogP contribution in [0.1, 0.15) is 98.5 Å². The van der Waals surface area contributed by atoms with Crippen molar-refractivity contribution < 1.29 is 107 Å². The molecular weight excluding hydrogens is 1020 g/mol. The zero-order valence-corrected chi connectivity index (χ0v) is 45.5. The van der Waals surface area contributed by atoms with Crippen molar-refractivity contribution in [2.45, 2.75) is 221 Å². The van der Waals surface area contributed by atoms with Crippen LogP contribution in [0.15, 0.2) is 48.6 Å². The predicted octanol–water partition coefficient (Wildman–Crippen LogP) is 1.36. The van der Waals surface area contributed by atoms with Crippen LogP contribution in [-0.2, 0) is 71.3 Å². The maximum Gasteiger partial charge on any atom is 0.331 e. The second-order valence-electron chi connectivity index (χ2n) is 22.7. The number of ketones is 3. The van der Waals surface area contributed by atoms with Gasteiger partial charge in [0.2, 0.25) is 0 Å². The summed E-state index contributed by atoms with van der Waals surface area (Å²) >= 11 is 0. The molecule has 2 saturated carbocycles. The molecule has 0 unspecified atom stereocenters. The van der Waals surface area contributed by atoms with E-state index in [1.165, 1.54) is 39.4 Å². The summed E-state index contributed by atoms with van der Waals surface area (Å²) in [4.78, 5) is 54.4. The molecule has 8 rings (SSSR count). The minimum absolute atomic E-state index is 0.0543. The van der Waals surface area contributed by atoms with E-state index in [-0.39, 0.29) is 49.5 Å². The van der Waals surface area contributed by atoms with Crippen molar-refractivity contribution >= 4 is 29.4 Å². The van der Waals surface area contributed by atoms with Crippen molar-refractivity contribution in [3.8, 4) is 0 Å². The summed E-state index contributed by atoms with van der Waals surface area (Å²) in [5.74, 6) is -3.07. The van der Waals surface area contributed by atoms with Gasteiger partial charge in [-0.05, 0) is 84.1 Å². The highest BCUT2D eigenvalue weighted by atomic mass is 16.8. The van der Waals surface area contributed by atoms with Crippen LogP contribution in [0.3, 0.4) is 0 Å². The fourth-order valence-corrected chi connectivity index (χ4v) is 13.1. The van der Waals surface area contributed by atoms with Crippen LogP contribution in [0.25, 0.3) is 6.08 Å². The van der Waals surface area contributed by atoms with Crippen molar-refractivity contribution in [3.05, 3.63) is 54.1 Å². The summed E-state index contributed by atoms with van der Waals surface area (Å²) in [7, 11) is 2.85. The Balaban J connectivity index is 0.866.